The predicted octanol–water partition coefficient (Wildman–Crippen LogP) is 6.40. The quantitative estimate of drug-likeness (QED) is 0.501. The third-order valence-corrected chi connectivity index (χ3v) is 7.77. The van der Waals surface area contributed by atoms with Crippen molar-refractivity contribution in [2.45, 2.75) is 77.9 Å². The van der Waals surface area contributed by atoms with Crippen LogP contribution in [-0.2, 0) is 4.74 Å². The molecule has 0 aromatic heterocycles. The molecule has 0 aliphatic heterocycles. The highest BCUT2D eigenvalue weighted by atomic mass is 16.7. The Morgan fingerprint density at radius 3 is 2.54 bits per heavy atom. The van der Waals surface area contributed by atoms with Crippen molar-refractivity contribution in [3.8, 4) is 5.75 Å². The molecule has 0 spiro atoms. The maximum absolute atomic E-state index is 6.00. The fraction of sp³-hybridized carbons (Fsp3) is 0.750. The Labute approximate surface area is 159 Å². The van der Waals surface area contributed by atoms with Gasteiger partial charge in [-0.05, 0) is 98.7 Å². The van der Waals surface area contributed by atoms with E-state index < -0.39 is 0 Å². The van der Waals surface area contributed by atoms with E-state index in [-0.39, 0.29) is 6.29 Å². The maximum atomic E-state index is 6.00. The van der Waals surface area contributed by atoms with Gasteiger partial charge in [-0.15, -0.1) is 0 Å². The van der Waals surface area contributed by atoms with Gasteiger partial charge in [-0.1, -0.05) is 32.4 Å². The van der Waals surface area contributed by atoms with Crippen LogP contribution in [0.25, 0.3) is 0 Å². The van der Waals surface area contributed by atoms with Crippen molar-refractivity contribution in [2.75, 3.05) is 6.61 Å². The molecular weight excluding hydrogens is 320 g/mol. The summed E-state index contributed by atoms with van der Waals surface area (Å²) in [6.45, 7) is 7.37. The fourth-order valence-corrected chi connectivity index (χ4v) is 6.26. The van der Waals surface area contributed by atoms with Crippen LogP contribution in [-0.4, -0.2) is 12.9 Å². The Balaban J connectivity index is 1.19. The molecular formula is C24H36O2. The van der Waals surface area contributed by atoms with Crippen LogP contribution in [0.15, 0.2) is 24.3 Å². The lowest BCUT2D eigenvalue weighted by atomic mass is 9.75. The maximum Gasteiger partial charge on any atom is 0.196 e. The third kappa shape index (κ3) is 3.67. The third-order valence-electron chi connectivity index (χ3n) is 7.77. The van der Waals surface area contributed by atoms with Gasteiger partial charge in [-0.2, -0.15) is 0 Å². The molecule has 7 unspecified atom stereocenters. The molecule has 0 radical (unpaired) electrons. The SMILES string of the molecule is CCC(C)c1ccc(OC(C)OCCC2CC3CC2C2CCCC32)cc1. The van der Waals surface area contributed by atoms with Gasteiger partial charge in [0.05, 0.1) is 6.61 Å². The molecule has 0 saturated heterocycles. The smallest absolute Gasteiger partial charge is 0.196 e. The minimum atomic E-state index is -0.165. The second-order valence-corrected chi connectivity index (χ2v) is 9.14. The molecule has 144 valence electrons. The standard InChI is InChI=1S/C24H36O2/c1-4-16(2)18-8-10-21(11-9-18)26-17(3)25-13-12-19-14-20-15-24(19)23-7-5-6-22(20)23/h8-11,16-17,19-20,22-24H,4-7,12-15H2,1-3H3. The van der Waals surface area contributed by atoms with Gasteiger partial charge < -0.3 is 9.47 Å². The molecule has 2 nitrogen and oxygen atoms in total. The Bertz CT molecular complexity index is 580. The molecule has 2 bridgehead atoms. The van der Waals surface area contributed by atoms with Gasteiger partial charge >= 0.3 is 0 Å². The zero-order valence-electron chi connectivity index (χ0n) is 16.8. The molecule has 1 aromatic rings. The lowest BCUT2D eigenvalue weighted by Crippen LogP contribution is -2.26. The van der Waals surface area contributed by atoms with Crippen LogP contribution >= 0.6 is 0 Å². The van der Waals surface area contributed by atoms with Crippen LogP contribution in [0.2, 0.25) is 0 Å². The van der Waals surface area contributed by atoms with Crippen molar-refractivity contribution < 1.29 is 9.47 Å². The van der Waals surface area contributed by atoms with Gasteiger partial charge in [0.15, 0.2) is 6.29 Å². The van der Waals surface area contributed by atoms with Crippen molar-refractivity contribution >= 4 is 0 Å². The van der Waals surface area contributed by atoms with Crippen molar-refractivity contribution in [2.24, 2.45) is 29.6 Å². The first-order chi connectivity index (χ1) is 12.7. The van der Waals surface area contributed by atoms with Crippen LogP contribution in [0, 0.1) is 29.6 Å². The molecule has 1 aromatic carbocycles. The molecule has 3 saturated carbocycles. The van der Waals surface area contributed by atoms with Gasteiger partial charge in [-0.3, -0.25) is 0 Å². The molecule has 3 aliphatic carbocycles. The molecule has 0 heterocycles. The Hall–Kier alpha value is -1.02. The topological polar surface area (TPSA) is 18.5 Å². The van der Waals surface area contributed by atoms with Crippen molar-refractivity contribution in [3.63, 3.8) is 0 Å². The first-order valence-corrected chi connectivity index (χ1v) is 11.0. The highest BCUT2D eigenvalue weighted by Gasteiger charge is 2.53. The number of rotatable bonds is 8. The Morgan fingerprint density at radius 2 is 1.77 bits per heavy atom. The Morgan fingerprint density at radius 1 is 1.00 bits per heavy atom. The molecule has 7 atom stereocenters. The first-order valence-electron chi connectivity index (χ1n) is 11.0. The fourth-order valence-electron chi connectivity index (χ4n) is 6.26. The molecule has 26 heavy (non-hydrogen) atoms. The van der Waals surface area contributed by atoms with E-state index in [9.17, 15) is 0 Å². The van der Waals surface area contributed by atoms with E-state index in [4.69, 9.17) is 9.47 Å². The summed E-state index contributed by atoms with van der Waals surface area (Å²) in [5, 5.41) is 0. The number of benzene rings is 1. The molecule has 3 aliphatic rings. The van der Waals surface area contributed by atoms with Crippen molar-refractivity contribution in [3.05, 3.63) is 29.8 Å². The summed E-state index contributed by atoms with van der Waals surface area (Å²) in [6.07, 6.45) is 9.75. The highest BCUT2D eigenvalue weighted by molar-refractivity contribution is 5.29. The minimum Gasteiger partial charge on any atom is -0.465 e. The van der Waals surface area contributed by atoms with E-state index in [1.165, 1.54) is 50.5 Å². The van der Waals surface area contributed by atoms with E-state index in [0.717, 1.165) is 41.9 Å². The summed E-state index contributed by atoms with van der Waals surface area (Å²) < 4.78 is 12.0. The number of hydrogen-bond donors (Lipinski definition) is 0. The van der Waals surface area contributed by atoms with Gasteiger partial charge in [0.2, 0.25) is 0 Å². The summed E-state index contributed by atoms with van der Waals surface area (Å²) in [5.74, 6) is 6.67. The normalized spacial score (nSPS) is 34.7. The summed E-state index contributed by atoms with van der Waals surface area (Å²) in [4.78, 5) is 0. The van der Waals surface area contributed by atoms with Crippen molar-refractivity contribution in [1.82, 2.24) is 0 Å². The average Bonchev–Trinajstić information content (AvgIpc) is 3.35. The molecule has 3 fully saturated rings. The zero-order chi connectivity index (χ0) is 18.1. The lowest BCUT2D eigenvalue weighted by Gasteiger charge is -2.31. The monoisotopic (exact) mass is 356 g/mol. The van der Waals surface area contributed by atoms with Crippen LogP contribution < -0.4 is 4.74 Å². The molecule has 0 N–H and O–H groups in total. The van der Waals surface area contributed by atoms with Crippen molar-refractivity contribution in [1.29, 1.82) is 0 Å². The predicted molar refractivity (Wildman–Crippen MR) is 106 cm³/mol. The molecule has 0 amide bonds. The van der Waals surface area contributed by atoms with Crippen LogP contribution in [0.5, 0.6) is 5.75 Å². The summed E-state index contributed by atoms with van der Waals surface area (Å²) in [6, 6.07) is 8.53. The molecule has 4 rings (SSSR count). The second-order valence-electron chi connectivity index (χ2n) is 9.14. The number of fused-ring (bicyclic) bond motifs is 5. The summed E-state index contributed by atoms with van der Waals surface area (Å²) >= 11 is 0. The van der Waals surface area contributed by atoms with Crippen LogP contribution in [0.4, 0.5) is 0 Å². The van der Waals surface area contributed by atoms with E-state index in [1.54, 1.807) is 0 Å². The Kier molecular flexibility index (Phi) is 5.59. The molecule has 2 heteroatoms. The van der Waals surface area contributed by atoms with E-state index in [0.29, 0.717) is 5.92 Å². The summed E-state index contributed by atoms with van der Waals surface area (Å²) in [5.41, 5.74) is 1.38. The first kappa shape index (κ1) is 18.3. The number of hydrogen-bond acceptors (Lipinski definition) is 2. The minimum absolute atomic E-state index is 0.165. The van der Waals surface area contributed by atoms with Crippen LogP contribution in [0.1, 0.15) is 77.2 Å². The van der Waals surface area contributed by atoms with Gasteiger partial charge in [0, 0.05) is 0 Å². The van der Waals surface area contributed by atoms with Gasteiger partial charge in [0.1, 0.15) is 5.75 Å². The van der Waals surface area contributed by atoms with Gasteiger partial charge in [0.25, 0.3) is 0 Å². The lowest BCUT2D eigenvalue weighted by molar-refractivity contribution is -0.0727. The summed E-state index contributed by atoms with van der Waals surface area (Å²) in [7, 11) is 0. The van der Waals surface area contributed by atoms with Gasteiger partial charge in [-0.25, -0.2) is 0 Å². The van der Waals surface area contributed by atoms with E-state index in [2.05, 4.69) is 38.1 Å². The highest BCUT2D eigenvalue weighted by Crippen LogP contribution is 2.61. The van der Waals surface area contributed by atoms with Crippen LogP contribution in [0.3, 0.4) is 0 Å². The second kappa shape index (κ2) is 7.92. The van der Waals surface area contributed by atoms with E-state index in [1.807, 2.05) is 6.92 Å². The van der Waals surface area contributed by atoms with E-state index >= 15 is 0 Å². The zero-order valence-corrected chi connectivity index (χ0v) is 16.8. The largest absolute Gasteiger partial charge is 0.465 e. The average molecular weight is 357 g/mol. The number of ether oxygens (including phenoxy) is 2.